The molecule has 1 aliphatic rings. The summed E-state index contributed by atoms with van der Waals surface area (Å²) in [6, 6.07) is 14.1. The van der Waals surface area contributed by atoms with Gasteiger partial charge in [-0.05, 0) is 43.5 Å². The van der Waals surface area contributed by atoms with Crippen molar-refractivity contribution in [3.05, 3.63) is 76.6 Å². The molecule has 0 radical (unpaired) electrons. The Morgan fingerprint density at radius 3 is 2.59 bits per heavy atom. The molecule has 27 heavy (non-hydrogen) atoms. The molecular weight excluding hydrogens is 365 g/mol. The third kappa shape index (κ3) is 4.96. The second kappa shape index (κ2) is 9.16. The zero-order chi connectivity index (χ0) is 19.2. The van der Waals surface area contributed by atoms with Gasteiger partial charge in [-0.1, -0.05) is 54.1 Å². The lowest BCUT2D eigenvalue weighted by Gasteiger charge is -2.30. The summed E-state index contributed by atoms with van der Waals surface area (Å²) in [6.45, 7) is 2.22. The molecule has 1 aliphatic heterocycles. The second-order valence-electron chi connectivity index (χ2n) is 6.84. The number of rotatable bonds is 6. The zero-order valence-electron chi connectivity index (χ0n) is 15.1. The van der Waals surface area contributed by atoms with Gasteiger partial charge >= 0.3 is 5.97 Å². The van der Waals surface area contributed by atoms with Crippen LogP contribution in [0, 0.1) is 11.7 Å². The molecule has 0 amide bonds. The van der Waals surface area contributed by atoms with Gasteiger partial charge in [0.1, 0.15) is 5.82 Å². The second-order valence-corrected chi connectivity index (χ2v) is 7.25. The fraction of sp³-hybridized carbons (Fsp3) is 0.318. The zero-order valence-corrected chi connectivity index (χ0v) is 15.8. The van der Waals surface area contributed by atoms with E-state index >= 15 is 0 Å². The average molecular weight is 388 g/mol. The number of carbonyl (C=O) groups is 1. The predicted molar refractivity (Wildman–Crippen MR) is 106 cm³/mol. The Morgan fingerprint density at radius 2 is 1.89 bits per heavy atom. The molecule has 1 heterocycles. The fourth-order valence-electron chi connectivity index (χ4n) is 3.58. The molecule has 1 N–H and O–H groups in total. The molecule has 0 spiro atoms. The Balaban J connectivity index is 1.80. The first-order valence-electron chi connectivity index (χ1n) is 9.21. The monoisotopic (exact) mass is 387 g/mol. The van der Waals surface area contributed by atoms with Crippen LogP contribution in [0.25, 0.3) is 5.57 Å². The van der Waals surface area contributed by atoms with E-state index in [0.717, 1.165) is 37.1 Å². The summed E-state index contributed by atoms with van der Waals surface area (Å²) >= 11 is 6.36. The first-order valence-corrected chi connectivity index (χ1v) is 9.59. The van der Waals surface area contributed by atoms with Crippen LogP contribution in [-0.2, 0) is 4.79 Å². The van der Waals surface area contributed by atoms with Gasteiger partial charge in [0.05, 0.1) is 5.92 Å². The molecule has 142 valence electrons. The maximum absolute atomic E-state index is 14.4. The molecule has 1 fully saturated rings. The van der Waals surface area contributed by atoms with E-state index in [-0.39, 0.29) is 11.7 Å². The fourth-order valence-corrected chi connectivity index (χ4v) is 3.81. The molecule has 5 heteroatoms. The number of likely N-dealkylation sites (tertiary alicyclic amines) is 1. The topological polar surface area (TPSA) is 40.5 Å². The average Bonchev–Trinajstić information content (AvgIpc) is 2.67. The van der Waals surface area contributed by atoms with Crippen LogP contribution in [0.5, 0.6) is 0 Å². The minimum atomic E-state index is -0.724. The van der Waals surface area contributed by atoms with Crippen LogP contribution in [0.15, 0.2) is 54.6 Å². The van der Waals surface area contributed by atoms with Gasteiger partial charge in [-0.15, -0.1) is 0 Å². The Labute approximate surface area is 164 Å². The molecule has 0 unspecified atom stereocenters. The summed E-state index contributed by atoms with van der Waals surface area (Å²) in [5, 5.41) is 9.81. The Hall–Kier alpha value is -2.17. The molecule has 0 saturated carbocycles. The molecule has 3 rings (SSSR count). The van der Waals surface area contributed by atoms with E-state index < -0.39 is 5.97 Å². The van der Waals surface area contributed by atoms with Crippen molar-refractivity contribution in [2.24, 2.45) is 5.92 Å². The van der Waals surface area contributed by atoms with E-state index in [9.17, 15) is 14.3 Å². The van der Waals surface area contributed by atoms with E-state index in [0.29, 0.717) is 23.6 Å². The van der Waals surface area contributed by atoms with E-state index in [1.165, 1.54) is 6.07 Å². The maximum atomic E-state index is 14.4. The predicted octanol–water partition coefficient (Wildman–Crippen LogP) is 5.10. The first-order chi connectivity index (χ1) is 13.1. The lowest BCUT2D eigenvalue weighted by molar-refractivity contribution is -0.143. The normalized spacial score (nSPS) is 18.4. The largest absolute Gasteiger partial charge is 0.481 e. The van der Waals surface area contributed by atoms with Crippen molar-refractivity contribution in [2.45, 2.75) is 19.3 Å². The summed E-state index contributed by atoms with van der Waals surface area (Å²) < 4.78 is 14.4. The number of carboxylic acids is 1. The third-order valence-corrected chi connectivity index (χ3v) is 5.31. The quantitative estimate of drug-likeness (QED) is 0.749. The van der Waals surface area contributed by atoms with Crippen molar-refractivity contribution in [1.82, 2.24) is 4.90 Å². The van der Waals surface area contributed by atoms with Gasteiger partial charge in [-0.2, -0.15) is 0 Å². The molecular formula is C22H23ClFNO2. The van der Waals surface area contributed by atoms with Gasteiger partial charge in [0, 0.05) is 29.2 Å². The SMILES string of the molecule is O=C(O)[C@@H]1CCCN(CC/C=C(/c2ccccc2F)c2ccccc2Cl)C1. The van der Waals surface area contributed by atoms with Crippen molar-refractivity contribution in [1.29, 1.82) is 0 Å². The first kappa shape index (κ1) is 19.6. The summed E-state index contributed by atoms with van der Waals surface area (Å²) in [4.78, 5) is 13.4. The summed E-state index contributed by atoms with van der Waals surface area (Å²) in [7, 11) is 0. The molecule has 0 aromatic heterocycles. The van der Waals surface area contributed by atoms with Gasteiger partial charge in [0.25, 0.3) is 0 Å². The molecule has 0 aliphatic carbocycles. The minimum absolute atomic E-state index is 0.285. The molecule has 2 aromatic rings. The van der Waals surface area contributed by atoms with Crippen molar-refractivity contribution >= 4 is 23.1 Å². The van der Waals surface area contributed by atoms with E-state index in [2.05, 4.69) is 4.90 Å². The van der Waals surface area contributed by atoms with E-state index in [1.807, 2.05) is 30.3 Å². The van der Waals surface area contributed by atoms with Crippen LogP contribution in [0.4, 0.5) is 4.39 Å². The summed E-state index contributed by atoms with van der Waals surface area (Å²) in [5.74, 6) is -1.30. The summed E-state index contributed by atoms with van der Waals surface area (Å²) in [6.07, 6.45) is 4.33. The van der Waals surface area contributed by atoms with Crippen LogP contribution < -0.4 is 0 Å². The highest BCUT2D eigenvalue weighted by atomic mass is 35.5. The molecule has 3 nitrogen and oxygen atoms in total. The maximum Gasteiger partial charge on any atom is 0.307 e. The molecule has 1 saturated heterocycles. The van der Waals surface area contributed by atoms with Crippen molar-refractivity contribution in [3.63, 3.8) is 0 Å². The van der Waals surface area contributed by atoms with Crippen molar-refractivity contribution in [3.8, 4) is 0 Å². The number of hydrogen-bond acceptors (Lipinski definition) is 2. The highest BCUT2D eigenvalue weighted by Crippen LogP contribution is 2.31. The molecule has 1 atom stereocenters. The van der Waals surface area contributed by atoms with Gasteiger partial charge in [-0.3, -0.25) is 4.79 Å². The van der Waals surface area contributed by atoms with Crippen molar-refractivity contribution < 1.29 is 14.3 Å². The standard InChI is InChI=1S/C22H23ClFNO2/c23-20-11-3-1-8-18(20)17(19-9-2-4-12-21(19)24)10-6-14-25-13-5-7-16(15-25)22(26)27/h1-4,8-12,16H,5-7,13-15H2,(H,26,27)/b17-10+/t16-/m1/s1. The molecule has 2 aromatic carbocycles. The highest BCUT2D eigenvalue weighted by molar-refractivity contribution is 6.32. The van der Waals surface area contributed by atoms with Crippen LogP contribution >= 0.6 is 11.6 Å². The van der Waals surface area contributed by atoms with Crippen LogP contribution in [0.2, 0.25) is 5.02 Å². The lowest BCUT2D eigenvalue weighted by atomic mass is 9.95. The van der Waals surface area contributed by atoms with Gasteiger partial charge in [-0.25, -0.2) is 4.39 Å². The third-order valence-electron chi connectivity index (χ3n) is 4.98. The number of halogens is 2. The van der Waals surface area contributed by atoms with Crippen LogP contribution in [-0.4, -0.2) is 35.6 Å². The van der Waals surface area contributed by atoms with E-state index in [1.54, 1.807) is 18.2 Å². The lowest BCUT2D eigenvalue weighted by Crippen LogP contribution is -2.39. The number of piperidine rings is 1. The Bertz CT molecular complexity index is 789. The smallest absolute Gasteiger partial charge is 0.307 e. The number of nitrogens with zero attached hydrogens (tertiary/aromatic N) is 1. The highest BCUT2D eigenvalue weighted by Gasteiger charge is 2.24. The van der Waals surface area contributed by atoms with Crippen molar-refractivity contribution in [2.75, 3.05) is 19.6 Å². The van der Waals surface area contributed by atoms with Gasteiger partial charge < -0.3 is 10.0 Å². The minimum Gasteiger partial charge on any atom is -0.481 e. The summed E-state index contributed by atoms with van der Waals surface area (Å²) in [5.41, 5.74) is 2.09. The van der Waals surface area contributed by atoms with E-state index in [4.69, 9.17) is 11.6 Å². The molecule has 0 bridgehead atoms. The number of carboxylic acid groups (broad SMARTS) is 1. The number of hydrogen-bond donors (Lipinski definition) is 1. The van der Waals surface area contributed by atoms with Gasteiger partial charge in [0.2, 0.25) is 0 Å². The van der Waals surface area contributed by atoms with Gasteiger partial charge in [0.15, 0.2) is 0 Å². The Kier molecular flexibility index (Phi) is 6.64. The van der Waals surface area contributed by atoms with Crippen LogP contribution in [0.1, 0.15) is 30.4 Å². The number of aliphatic carboxylic acids is 1. The van der Waals surface area contributed by atoms with Crippen LogP contribution in [0.3, 0.4) is 0 Å². The number of benzene rings is 2. The Morgan fingerprint density at radius 1 is 1.19 bits per heavy atom.